The second-order valence-electron chi connectivity index (χ2n) is 5.85. The number of para-hydroxylation sites is 1. The molecule has 0 saturated carbocycles. The lowest BCUT2D eigenvalue weighted by Crippen LogP contribution is -2.41. The molecule has 1 heterocycles. The molecule has 0 saturated heterocycles. The van der Waals surface area contributed by atoms with E-state index in [9.17, 15) is 14.7 Å². The predicted octanol–water partition coefficient (Wildman–Crippen LogP) is 2.45. The summed E-state index contributed by atoms with van der Waals surface area (Å²) in [5.74, 6) is -1.02. The predicted molar refractivity (Wildman–Crippen MR) is 88.9 cm³/mol. The van der Waals surface area contributed by atoms with Crippen LogP contribution >= 0.6 is 0 Å². The van der Waals surface area contributed by atoms with Gasteiger partial charge in [-0.1, -0.05) is 42.5 Å². The van der Waals surface area contributed by atoms with Crippen LogP contribution in [0, 0.1) is 0 Å². The first-order chi connectivity index (χ1) is 11.6. The van der Waals surface area contributed by atoms with Crippen molar-refractivity contribution in [1.29, 1.82) is 0 Å². The summed E-state index contributed by atoms with van der Waals surface area (Å²) in [6, 6.07) is 14.8. The molecule has 1 N–H and O–H groups in total. The minimum atomic E-state index is -0.905. The number of nitrogens with zero attached hydrogens (tertiary/aromatic N) is 1. The number of carbonyl (C=O) groups excluding carboxylic acids is 1. The van der Waals surface area contributed by atoms with Gasteiger partial charge in [0.1, 0.15) is 5.75 Å². The molecule has 0 radical (unpaired) electrons. The highest BCUT2D eigenvalue weighted by molar-refractivity contribution is 5.83. The van der Waals surface area contributed by atoms with Gasteiger partial charge < -0.3 is 14.7 Å². The number of amides is 1. The molecule has 24 heavy (non-hydrogen) atoms. The number of hydrogen-bond donors (Lipinski definition) is 1. The maximum Gasteiger partial charge on any atom is 0.312 e. The van der Waals surface area contributed by atoms with Crippen LogP contribution in [-0.2, 0) is 22.6 Å². The molecule has 5 nitrogen and oxygen atoms in total. The molecule has 1 unspecified atom stereocenters. The van der Waals surface area contributed by atoms with Crippen LogP contribution in [0.3, 0.4) is 0 Å². The standard InChI is InChI=1S/C19H19NO4/c1-24-17-9-5-3-6-13(17)10-18(21)20-11-14-7-2-4-8-15(14)16(12-20)19(22)23/h2-9,16H,10-12H2,1H3,(H,22,23). The van der Waals surface area contributed by atoms with Crippen molar-refractivity contribution >= 4 is 11.9 Å². The van der Waals surface area contributed by atoms with E-state index >= 15 is 0 Å². The zero-order chi connectivity index (χ0) is 17.1. The molecule has 5 heteroatoms. The van der Waals surface area contributed by atoms with E-state index in [0.29, 0.717) is 12.3 Å². The van der Waals surface area contributed by atoms with Crippen molar-refractivity contribution in [3.8, 4) is 5.75 Å². The van der Waals surface area contributed by atoms with Crippen LogP contribution in [0.15, 0.2) is 48.5 Å². The van der Waals surface area contributed by atoms with Gasteiger partial charge in [0.15, 0.2) is 0 Å². The van der Waals surface area contributed by atoms with E-state index in [4.69, 9.17) is 4.74 Å². The number of benzene rings is 2. The Hall–Kier alpha value is -2.82. The fraction of sp³-hybridized carbons (Fsp3) is 0.263. The lowest BCUT2D eigenvalue weighted by Gasteiger charge is -2.33. The molecule has 1 aliphatic heterocycles. The van der Waals surface area contributed by atoms with Crippen molar-refractivity contribution < 1.29 is 19.4 Å². The minimum Gasteiger partial charge on any atom is -0.496 e. The molecule has 1 atom stereocenters. The van der Waals surface area contributed by atoms with Crippen molar-refractivity contribution in [3.05, 3.63) is 65.2 Å². The Morgan fingerprint density at radius 2 is 1.88 bits per heavy atom. The van der Waals surface area contributed by atoms with Crippen LogP contribution in [0.5, 0.6) is 5.75 Å². The highest BCUT2D eigenvalue weighted by Gasteiger charge is 2.32. The summed E-state index contributed by atoms with van der Waals surface area (Å²) in [6.07, 6.45) is 0.193. The number of methoxy groups -OCH3 is 1. The van der Waals surface area contributed by atoms with Crippen molar-refractivity contribution in [2.24, 2.45) is 0 Å². The van der Waals surface area contributed by atoms with E-state index < -0.39 is 11.9 Å². The summed E-state index contributed by atoms with van der Waals surface area (Å²) in [6.45, 7) is 0.633. The molecule has 0 aliphatic carbocycles. The second kappa shape index (κ2) is 6.74. The van der Waals surface area contributed by atoms with Crippen LogP contribution in [0.1, 0.15) is 22.6 Å². The summed E-state index contributed by atoms with van der Waals surface area (Å²) in [7, 11) is 1.57. The molecular weight excluding hydrogens is 306 g/mol. The third-order valence-electron chi connectivity index (χ3n) is 4.38. The first-order valence-corrected chi connectivity index (χ1v) is 7.80. The number of hydrogen-bond acceptors (Lipinski definition) is 3. The van der Waals surface area contributed by atoms with E-state index in [0.717, 1.165) is 16.7 Å². The average Bonchev–Trinajstić information content (AvgIpc) is 2.61. The van der Waals surface area contributed by atoms with Crippen molar-refractivity contribution in [2.45, 2.75) is 18.9 Å². The van der Waals surface area contributed by atoms with Crippen LogP contribution < -0.4 is 4.74 Å². The summed E-state index contributed by atoms with van der Waals surface area (Å²) in [4.78, 5) is 25.9. The summed E-state index contributed by atoms with van der Waals surface area (Å²) in [5.41, 5.74) is 2.49. The largest absolute Gasteiger partial charge is 0.496 e. The fourth-order valence-corrected chi connectivity index (χ4v) is 3.13. The Morgan fingerprint density at radius 3 is 2.62 bits per heavy atom. The van der Waals surface area contributed by atoms with Crippen LogP contribution in [0.2, 0.25) is 0 Å². The molecule has 0 fully saturated rings. The smallest absolute Gasteiger partial charge is 0.312 e. The third kappa shape index (κ3) is 3.11. The molecule has 0 aromatic heterocycles. The van der Waals surface area contributed by atoms with E-state index in [-0.39, 0.29) is 18.9 Å². The molecular formula is C19H19NO4. The normalized spacial score (nSPS) is 16.4. The van der Waals surface area contributed by atoms with Gasteiger partial charge in [0.2, 0.25) is 5.91 Å². The summed E-state index contributed by atoms with van der Waals surface area (Å²) in [5, 5.41) is 9.50. The second-order valence-corrected chi connectivity index (χ2v) is 5.85. The van der Waals surface area contributed by atoms with E-state index in [1.807, 2.05) is 48.5 Å². The van der Waals surface area contributed by atoms with Gasteiger partial charge in [-0.25, -0.2) is 0 Å². The number of carboxylic acid groups (broad SMARTS) is 1. The number of carboxylic acids is 1. The quantitative estimate of drug-likeness (QED) is 0.937. The zero-order valence-electron chi connectivity index (χ0n) is 13.4. The van der Waals surface area contributed by atoms with E-state index in [1.54, 1.807) is 12.0 Å². The molecule has 3 rings (SSSR count). The number of aliphatic carboxylic acids is 1. The van der Waals surface area contributed by atoms with Gasteiger partial charge in [0.05, 0.1) is 19.4 Å². The Morgan fingerprint density at radius 1 is 1.17 bits per heavy atom. The van der Waals surface area contributed by atoms with Crippen molar-refractivity contribution in [1.82, 2.24) is 4.90 Å². The van der Waals surface area contributed by atoms with Crippen molar-refractivity contribution in [2.75, 3.05) is 13.7 Å². The van der Waals surface area contributed by atoms with Gasteiger partial charge in [0, 0.05) is 18.7 Å². The van der Waals surface area contributed by atoms with Gasteiger partial charge in [-0.3, -0.25) is 9.59 Å². The van der Waals surface area contributed by atoms with Crippen LogP contribution in [0.4, 0.5) is 0 Å². The number of fused-ring (bicyclic) bond motifs is 1. The minimum absolute atomic E-state index is 0.0970. The molecule has 124 valence electrons. The van der Waals surface area contributed by atoms with Crippen LogP contribution in [0.25, 0.3) is 0 Å². The highest BCUT2D eigenvalue weighted by Crippen LogP contribution is 2.29. The zero-order valence-corrected chi connectivity index (χ0v) is 13.4. The van der Waals surface area contributed by atoms with Crippen LogP contribution in [-0.4, -0.2) is 35.5 Å². The van der Waals surface area contributed by atoms with Gasteiger partial charge in [-0.15, -0.1) is 0 Å². The monoisotopic (exact) mass is 325 g/mol. The summed E-state index contributed by atoms with van der Waals surface area (Å²) < 4.78 is 5.28. The Kier molecular flexibility index (Phi) is 4.51. The summed E-state index contributed by atoms with van der Waals surface area (Å²) >= 11 is 0. The number of rotatable bonds is 4. The molecule has 1 aliphatic rings. The highest BCUT2D eigenvalue weighted by atomic mass is 16.5. The lowest BCUT2D eigenvalue weighted by atomic mass is 9.89. The van der Waals surface area contributed by atoms with Crippen molar-refractivity contribution in [3.63, 3.8) is 0 Å². The maximum absolute atomic E-state index is 12.7. The SMILES string of the molecule is COc1ccccc1CC(=O)N1Cc2ccccc2C(C(=O)O)C1. The topological polar surface area (TPSA) is 66.8 Å². The van der Waals surface area contributed by atoms with E-state index in [1.165, 1.54) is 0 Å². The molecule has 0 bridgehead atoms. The maximum atomic E-state index is 12.7. The van der Waals surface area contributed by atoms with Gasteiger partial charge in [-0.2, -0.15) is 0 Å². The number of carbonyl (C=O) groups is 2. The first kappa shape index (κ1) is 16.1. The Bertz CT molecular complexity index is 771. The Labute approximate surface area is 140 Å². The molecule has 0 spiro atoms. The van der Waals surface area contributed by atoms with Gasteiger partial charge >= 0.3 is 5.97 Å². The number of ether oxygens (including phenoxy) is 1. The lowest BCUT2D eigenvalue weighted by molar-refractivity contribution is -0.141. The van der Waals surface area contributed by atoms with E-state index in [2.05, 4.69) is 0 Å². The first-order valence-electron chi connectivity index (χ1n) is 7.80. The molecule has 2 aromatic carbocycles. The van der Waals surface area contributed by atoms with Gasteiger partial charge in [0.25, 0.3) is 0 Å². The molecule has 2 aromatic rings. The fourth-order valence-electron chi connectivity index (χ4n) is 3.13. The third-order valence-corrected chi connectivity index (χ3v) is 4.38. The van der Waals surface area contributed by atoms with Gasteiger partial charge in [-0.05, 0) is 17.2 Å². The Balaban J connectivity index is 1.83. The molecule has 1 amide bonds. The average molecular weight is 325 g/mol.